The zero-order valence-corrected chi connectivity index (χ0v) is 13.8. The average molecular weight is 334 g/mol. The molecular weight excluding hydrogens is 314 g/mol. The Morgan fingerprint density at radius 2 is 1.73 bits per heavy atom. The Bertz CT molecular complexity index is 634. The summed E-state index contributed by atoms with van der Waals surface area (Å²) in [6, 6.07) is 3.23. The fourth-order valence-corrected chi connectivity index (χ4v) is 3.44. The van der Waals surface area contributed by atoms with Crippen molar-refractivity contribution in [2.24, 2.45) is 0 Å². The molecule has 0 saturated carbocycles. The van der Waals surface area contributed by atoms with Gasteiger partial charge in [-0.25, -0.2) is 17.2 Å². The van der Waals surface area contributed by atoms with Gasteiger partial charge in [0.25, 0.3) is 0 Å². The largest absolute Gasteiger partial charge is 0.321 e. The van der Waals surface area contributed by atoms with Crippen LogP contribution in [0.3, 0.4) is 0 Å². The third-order valence-corrected chi connectivity index (χ3v) is 4.45. The fourth-order valence-electron chi connectivity index (χ4n) is 2.02. The van der Waals surface area contributed by atoms with Gasteiger partial charge in [0.15, 0.2) is 0 Å². The van der Waals surface area contributed by atoms with Gasteiger partial charge in [-0.15, -0.1) is 0 Å². The molecule has 1 amide bonds. The van der Waals surface area contributed by atoms with Crippen molar-refractivity contribution < 1.29 is 22.0 Å². The van der Waals surface area contributed by atoms with Gasteiger partial charge in [-0.05, 0) is 32.9 Å². The summed E-state index contributed by atoms with van der Waals surface area (Å²) in [7, 11) is -3.50. The second kappa shape index (κ2) is 6.70. The van der Waals surface area contributed by atoms with Crippen molar-refractivity contribution in [1.29, 1.82) is 0 Å². The van der Waals surface area contributed by atoms with Crippen molar-refractivity contribution in [3.05, 3.63) is 29.8 Å². The van der Waals surface area contributed by atoms with Crippen LogP contribution in [0.5, 0.6) is 0 Å². The average Bonchev–Trinajstić information content (AvgIpc) is 2.30. The van der Waals surface area contributed by atoms with Crippen LogP contribution < -0.4 is 5.32 Å². The molecule has 0 bridgehead atoms. The zero-order valence-electron chi connectivity index (χ0n) is 13.0. The number of hydrogen-bond donors (Lipinski definition) is 1. The highest BCUT2D eigenvalue weighted by atomic mass is 32.2. The standard InChI is InChI=1S/C14H20F2N2O3S/c1-14(2,3)18(22(4,20)21)9-8-12(19)17-13-10(15)6-5-7-11(13)16/h5-7H,8-9H2,1-4H3,(H,17,19). The quantitative estimate of drug-likeness (QED) is 0.899. The Morgan fingerprint density at radius 3 is 2.14 bits per heavy atom. The Morgan fingerprint density at radius 1 is 1.23 bits per heavy atom. The van der Waals surface area contributed by atoms with Crippen molar-refractivity contribution in [2.45, 2.75) is 32.7 Å². The number of nitrogens with zero attached hydrogens (tertiary/aromatic N) is 1. The van der Waals surface area contributed by atoms with Gasteiger partial charge in [0.05, 0.1) is 6.26 Å². The molecule has 0 unspecified atom stereocenters. The Labute approximate surface area is 129 Å². The van der Waals surface area contributed by atoms with E-state index in [1.165, 1.54) is 6.07 Å². The first-order valence-electron chi connectivity index (χ1n) is 6.64. The van der Waals surface area contributed by atoms with Crippen molar-refractivity contribution in [2.75, 3.05) is 18.1 Å². The number of sulfonamides is 1. The van der Waals surface area contributed by atoms with Crippen molar-refractivity contribution >= 4 is 21.6 Å². The van der Waals surface area contributed by atoms with E-state index < -0.39 is 38.8 Å². The first kappa shape index (κ1) is 18.5. The fraction of sp³-hybridized carbons (Fsp3) is 0.500. The molecule has 0 spiro atoms. The molecule has 1 aromatic rings. The number of anilines is 1. The van der Waals surface area contributed by atoms with Crippen molar-refractivity contribution in [3.63, 3.8) is 0 Å². The van der Waals surface area contributed by atoms with Gasteiger partial charge in [-0.1, -0.05) is 6.07 Å². The van der Waals surface area contributed by atoms with Gasteiger partial charge in [0.2, 0.25) is 15.9 Å². The maximum absolute atomic E-state index is 13.4. The van der Waals surface area contributed by atoms with Crippen molar-refractivity contribution in [3.8, 4) is 0 Å². The van der Waals surface area contributed by atoms with Crippen LogP contribution in [0.25, 0.3) is 0 Å². The van der Waals surface area contributed by atoms with Gasteiger partial charge in [0.1, 0.15) is 17.3 Å². The first-order chi connectivity index (χ1) is 9.93. The molecule has 1 aromatic carbocycles. The van der Waals surface area contributed by atoms with E-state index in [1.54, 1.807) is 20.8 Å². The lowest BCUT2D eigenvalue weighted by Crippen LogP contribution is -2.46. The molecule has 0 aliphatic heterocycles. The molecule has 0 radical (unpaired) electrons. The molecule has 1 rings (SSSR count). The normalized spacial score (nSPS) is 12.5. The number of halogens is 2. The second-order valence-corrected chi connectivity index (χ2v) is 7.81. The lowest BCUT2D eigenvalue weighted by atomic mass is 10.1. The molecule has 0 atom stereocenters. The molecule has 0 saturated heterocycles. The highest BCUT2D eigenvalue weighted by molar-refractivity contribution is 7.88. The molecule has 0 aliphatic rings. The van der Waals surface area contributed by atoms with Crippen LogP contribution in [-0.4, -0.2) is 37.0 Å². The predicted octanol–water partition coefficient (Wildman–Crippen LogP) is 2.35. The number of nitrogens with one attached hydrogen (secondary N) is 1. The second-order valence-electron chi connectivity index (χ2n) is 5.90. The van der Waals surface area contributed by atoms with Gasteiger partial charge in [-0.3, -0.25) is 4.79 Å². The summed E-state index contributed by atoms with van der Waals surface area (Å²) < 4.78 is 51.5. The van der Waals surface area contributed by atoms with Crippen LogP contribution in [-0.2, 0) is 14.8 Å². The molecule has 0 aliphatic carbocycles. The predicted molar refractivity (Wildman–Crippen MR) is 80.9 cm³/mol. The molecule has 0 heterocycles. The summed E-state index contributed by atoms with van der Waals surface area (Å²) in [6.07, 6.45) is 0.838. The zero-order chi connectivity index (χ0) is 17.1. The molecule has 8 heteroatoms. The van der Waals surface area contributed by atoms with Crippen LogP contribution in [0.2, 0.25) is 0 Å². The van der Waals surface area contributed by atoms with Crippen molar-refractivity contribution in [1.82, 2.24) is 4.31 Å². The summed E-state index contributed by atoms with van der Waals surface area (Å²) in [6.45, 7) is 5.01. The minimum Gasteiger partial charge on any atom is -0.321 e. The maximum atomic E-state index is 13.4. The van der Waals surface area contributed by atoms with E-state index in [0.29, 0.717) is 0 Å². The number of benzene rings is 1. The highest BCUT2D eigenvalue weighted by Gasteiger charge is 2.29. The first-order valence-corrected chi connectivity index (χ1v) is 8.49. The van der Waals surface area contributed by atoms with E-state index in [-0.39, 0.29) is 13.0 Å². The molecule has 1 N–H and O–H groups in total. The summed E-state index contributed by atoms with van der Waals surface area (Å²) in [5, 5.41) is 2.13. The molecule has 0 fully saturated rings. The number of hydrogen-bond acceptors (Lipinski definition) is 3. The minimum atomic E-state index is -3.50. The van der Waals surface area contributed by atoms with E-state index in [0.717, 1.165) is 22.7 Å². The van der Waals surface area contributed by atoms with Gasteiger partial charge >= 0.3 is 0 Å². The number of carbonyl (C=O) groups excluding carboxylic acids is 1. The lowest BCUT2D eigenvalue weighted by Gasteiger charge is -2.33. The number of para-hydroxylation sites is 1. The number of carbonyl (C=O) groups is 1. The monoisotopic (exact) mass is 334 g/mol. The van der Waals surface area contributed by atoms with Crippen LogP contribution in [0.4, 0.5) is 14.5 Å². The summed E-state index contributed by atoms with van der Waals surface area (Å²) in [5.74, 6) is -2.44. The number of rotatable bonds is 5. The van der Waals surface area contributed by atoms with Crippen LogP contribution in [0.15, 0.2) is 18.2 Å². The maximum Gasteiger partial charge on any atom is 0.225 e. The Balaban J connectivity index is 2.78. The molecular formula is C14H20F2N2O3S. The molecule has 5 nitrogen and oxygen atoms in total. The van der Waals surface area contributed by atoms with E-state index >= 15 is 0 Å². The smallest absolute Gasteiger partial charge is 0.225 e. The Kier molecular flexibility index (Phi) is 5.64. The SMILES string of the molecule is CC(C)(C)N(CCC(=O)Nc1c(F)cccc1F)S(C)(=O)=O. The molecule has 0 aromatic heterocycles. The van der Waals surface area contributed by atoms with Crippen LogP contribution >= 0.6 is 0 Å². The molecule has 22 heavy (non-hydrogen) atoms. The summed E-state index contributed by atoms with van der Waals surface area (Å²) >= 11 is 0. The highest BCUT2D eigenvalue weighted by Crippen LogP contribution is 2.20. The molecule has 124 valence electrons. The Hall–Kier alpha value is -1.54. The van der Waals surface area contributed by atoms with E-state index in [2.05, 4.69) is 5.32 Å². The van der Waals surface area contributed by atoms with Crippen LogP contribution in [0.1, 0.15) is 27.2 Å². The van der Waals surface area contributed by atoms with Crippen LogP contribution in [0, 0.1) is 11.6 Å². The third kappa shape index (κ3) is 5.03. The summed E-state index contributed by atoms with van der Waals surface area (Å²) in [4.78, 5) is 11.8. The van der Waals surface area contributed by atoms with Gasteiger partial charge < -0.3 is 5.32 Å². The van der Waals surface area contributed by atoms with Gasteiger partial charge in [0, 0.05) is 18.5 Å². The lowest BCUT2D eigenvalue weighted by molar-refractivity contribution is -0.116. The number of amides is 1. The minimum absolute atomic E-state index is 0.0791. The summed E-state index contributed by atoms with van der Waals surface area (Å²) in [5.41, 5.74) is -1.23. The van der Waals surface area contributed by atoms with E-state index in [9.17, 15) is 22.0 Å². The van der Waals surface area contributed by atoms with E-state index in [4.69, 9.17) is 0 Å². The third-order valence-electron chi connectivity index (χ3n) is 2.92. The van der Waals surface area contributed by atoms with E-state index in [1.807, 2.05) is 0 Å². The topological polar surface area (TPSA) is 66.5 Å². The van der Waals surface area contributed by atoms with Gasteiger partial charge in [-0.2, -0.15) is 4.31 Å².